The predicted molar refractivity (Wildman–Crippen MR) is 124 cm³/mol. The third-order valence-electron chi connectivity index (χ3n) is 4.99. The Morgan fingerprint density at radius 1 is 1.16 bits per heavy atom. The molecule has 1 aromatic heterocycles. The number of benzene rings is 2. The molecule has 3 aromatic rings. The van der Waals surface area contributed by atoms with E-state index in [0.717, 1.165) is 22.5 Å². The molecule has 0 radical (unpaired) electrons. The highest BCUT2D eigenvalue weighted by molar-refractivity contribution is 7.89. The SMILES string of the molecule is COc1c(F)c(CN(c2ccc(C#N)cc2)c2nc(C(=O)NS(C)(=O)=O)c(C)s2)c(F)c(F)c1C(F)(F)F. The Bertz CT molecular complexity index is 1550. The lowest BCUT2D eigenvalue weighted by Crippen LogP contribution is -2.30. The van der Waals surface area contributed by atoms with Gasteiger partial charge in [0.05, 0.1) is 37.1 Å². The minimum Gasteiger partial charge on any atom is -0.493 e. The highest BCUT2D eigenvalue weighted by Crippen LogP contribution is 2.43. The molecule has 0 fully saturated rings. The number of methoxy groups -OCH3 is 1. The van der Waals surface area contributed by atoms with E-state index in [1.807, 2.05) is 6.07 Å². The molecule has 0 aliphatic carbocycles. The second kappa shape index (κ2) is 10.5. The number of aromatic nitrogens is 1. The molecule has 8 nitrogen and oxygen atoms in total. The number of anilines is 2. The van der Waals surface area contributed by atoms with Gasteiger partial charge in [-0.05, 0) is 31.2 Å². The van der Waals surface area contributed by atoms with Crippen LogP contribution < -0.4 is 14.4 Å². The summed E-state index contributed by atoms with van der Waals surface area (Å²) in [6, 6.07) is 7.14. The van der Waals surface area contributed by atoms with Gasteiger partial charge in [-0.3, -0.25) is 4.79 Å². The molecule has 0 unspecified atom stereocenters. The summed E-state index contributed by atoms with van der Waals surface area (Å²) in [5.41, 5.74) is -3.46. The lowest BCUT2D eigenvalue weighted by molar-refractivity contribution is -0.141. The first-order valence-electron chi connectivity index (χ1n) is 10.2. The van der Waals surface area contributed by atoms with Crippen LogP contribution in [-0.2, 0) is 22.7 Å². The van der Waals surface area contributed by atoms with E-state index in [2.05, 4.69) is 9.72 Å². The molecule has 0 atom stereocenters. The number of alkyl halides is 3. The van der Waals surface area contributed by atoms with E-state index in [9.17, 15) is 35.2 Å². The molecule has 0 saturated heterocycles. The molecule has 0 aliphatic rings. The zero-order valence-corrected chi connectivity index (χ0v) is 21.2. The molecule has 202 valence electrons. The molecule has 16 heteroatoms. The molecular formula is C22H16F6N4O4S2. The van der Waals surface area contributed by atoms with Crippen LogP contribution in [0.2, 0.25) is 0 Å². The van der Waals surface area contributed by atoms with Gasteiger partial charge in [0.2, 0.25) is 10.0 Å². The Hall–Kier alpha value is -3.84. The molecule has 38 heavy (non-hydrogen) atoms. The van der Waals surface area contributed by atoms with Crippen LogP contribution in [0.5, 0.6) is 5.75 Å². The van der Waals surface area contributed by atoms with Crippen LogP contribution >= 0.6 is 11.3 Å². The first-order valence-corrected chi connectivity index (χ1v) is 12.9. The van der Waals surface area contributed by atoms with Gasteiger partial charge in [-0.25, -0.2) is 31.3 Å². The van der Waals surface area contributed by atoms with Crippen LogP contribution in [0, 0.1) is 35.7 Å². The Labute approximate surface area is 216 Å². The van der Waals surface area contributed by atoms with Crippen molar-refractivity contribution in [1.29, 1.82) is 5.26 Å². The molecule has 0 spiro atoms. The summed E-state index contributed by atoms with van der Waals surface area (Å²) in [6.07, 6.45) is -4.74. The summed E-state index contributed by atoms with van der Waals surface area (Å²) in [6.45, 7) is 0.465. The predicted octanol–water partition coefficient (Wildman–Crippen LogP) is 4.80. The van der Waals surface area contributed by atoms with Gasteiger partial charge in [0.25, 0.3) is 5.91 Å². The zero-order valence-electron chi connectivity index (χ0n) is 19.6. The van der Waals surface area contributed by atoms with Gasteiger partial charge in [-0.1, -0.05) is 0 Å². The van der Waals surface area contributed by atoms with E-state index in [-0.39, 0.29) is 27.0 Å². The summed E-state index contributed by atoms with van der Waals surface area (Å²) in [7, 11) is -3.32. The Kier molecular flexibility index (Phi) is 7.94. The van der Waals surface area contributed by atoms with Crippen molar-refractivity contribution in [3.05, 3.63) is 69.0 Å². The number of nitrogens with one attached hydrogen (secondary N) is 1. The first-order chi connectivity index (χ1) is 17.6. The summed E-state index contributed by atoms with van der Waals surface area (Å²) < 4.78 is 114. The van der Waals surface area contributed by atoms with Crippen LogP contribution in [-0.4, -0.2) is 32.7 Å². The standard InChI is InChI=1S/C22H16F6N4O4S2/c1-10-18(20(33)31-38(3,34)35)30-21(37-10)32(12-6-4-11(8-29)5-7-12)9-13-15(23)17(25)14(22(26,27)28)19(36-2)16(13)24/h4-7H,9H2,1-3H3,(H,31,33). The topological polar surface area (TPSA) is 112 Å². The minimum absolute atomic E-state index is 0.103. The number of nitriles is 1. The van der Waals surface area contributed by atoms with Crippen molar-refractivity contribution in [1.82, 2.24) is 9.71 Å². The smallest absolute Gasteiger partial charge is 0.423 e. The van der Waals surface area contributed by atoms with Crippen molar-refractivity contribution >= 4 is 38.1 Å². The Morgan fingerprint density at radius 2 is 1.76 bits per heavy atom. The minimum atomic E-state index is -5.48. The van der Waals surface area contributed by atoms with E-state index in [0.29, 0.717) is 7.11 Å². The second-order valence-electron chi connectivity index (χ2n) is 7.68. The van der Waals surface area contributed by atoms with Crippen molar-refractivity contribution in [2.45, 2.75) is 19.6 Å². The Morgan fingerprint density at radius 3 is 2.26 bits per heavy atom. The number of thiazole rings is 1. The van der Waals surface area contributed by atoms with Gasteiger partial charge in [0.1, 0.15) is 11.3 Å². The number of ether oxygens (including phenoxy) is 1. The van der Waals surface area contributed by atoms with Crippen molar-refractivity contribution < 1.29 is 44.3 Å². The fourth-order valence-electron chi connectivity index (χ4n) is 3.34. The summed E-state index contributed by atoms with van der Waals surface area (Å²) in [5, 5.41) is 8.90. The highest BCUT2D eigenvalue weighted by atomic mass is 32.2. The maximum absolute atomic E-state index is 15.2. The van der Waals surface area contributed by atoms with Crippen LogP contribution in [0.4, 0.5) is 37.2 Å². The van der Waals surface area contributed by atoms with Crippen LogP contribution in [0.1, 0.15) is 32.1 Å². The number of hydrogen-bond acceptors (Lipinski definition) is 8. The number of aryl methyl sites for hydroxylation is 1. The highest BCUT2D eigenvalue weighted by Gasteiger charge is 2.43. The number of halogens is 6. The van der Waals surface area contributed by atoms with E-state index < -0.39 is 63.0 Å². The molecule has 0 saturated carbocycles. The van der Waals surface area contributed by atoms with E-state index in [4.69, 9.17) is 5.26 Å². The van der Waals surface area contributed by atoms with Crippen molar-refractivity contribution in [3.63, 3.8) is 0 Å². The first kappa shape index (κ1) is 28.7. The molecule has 1 amide bonds. The summed E-state index contributed by atoms with van der Waals surface area (Å²) in [5.74, 6) is -8.99. The van der Waals surface area contributed by atoms with Crippen LogP contribution in [0.3, 0.4) is 0 Å². The Balaban J connectivity index is 2.21. The fourth-order valence-corrected chi connectivity index (χ4v) is 4.70. The van der Waals surface area contributed by atoms with Crippen molar-refractivity contribution in [2.75, 3.05) is 18.3 Å². The maximum Gasteiger partial charge on any atom is 0.423 e. The second-order valence-corrected chi connectivity index (χ2v) is 10.6. The molecule has 1 N–H and O–H groups in total. The monoisotopic (exact) mass is 578 g/mol. The van der Waals surface area contributed by atoms with Crippen LogP contribution in [0.15, 0.2) is 24.3 Å². The summed E-state index contributed by atoms with van der Waals surface area (Å²) >= 11 is 0.778. The molecular weight excluding hydrogens is 562 g/mol. The molecule has 3 rings (SSSR count). The molecule has 1 heterocycles. The van der Waals surface area contributed by atoms with Gasteiger partial charge in [-0.15, -0.1) is 11.3 Å². The number of hydrogen-bond donors (Lipinski definition) is 1. The third kappa shape index (κ3) is 5.83. The number of rotatable bonds is 7. The number of sulfonamides is 1. The molecule has 0 aliphatic heterocycles. The number of carbonyl (C=O) groups excluding carboxylic acids is 1. The number of nitrogens with zero attached hydrogens (tertiary/aromatic N) is 3. The number of carbonyl (C=O) groups is 1. The van der Waals surface area contributed by atoms with Gasteiger partial charge < -0.3 is 9.64 Å². The average Bonchev–Trinajstić information content (AvgIpc) is 3.21. The van der Waals surface area contributed by atoms with Gasteiger partial charge in [0.15, 0.2) is 28.3 Å². The van der Waals surface area contributed by atoms with E-state index >= 15 is 4.39 Å². The largest absolute Gasteiger partial charge is 0.493 e. The van der Waals surface area contributed by atoms with Crippen LogP contribution in [0.25, 0.3) is 0 Å². The van der Waals surface area contributed by atoms with Gasteiger partial charge in [-0.2, -0.15) is 18.4 Å². The van der Waals surface area contributed by atoms with E-state index in [1.54, 1.807) is 4.72 Å². The van der Waals surface area contributed by atoms with Gasteiger partial charge in [0, 0.05) is 10.6 Å². The van der Waals surface area contributed by atoms with E-state index in [1.165, 1.54) is 31.2 Å². The fraction of sp³-hybridized carbons (Fsp3) is 0.227. The van der Waals surface area contributed by atoms with Crippen molar-refractivity contribution in [3.8, 4) is 11.8 Å². The normalized spacial score (nSPS) is 11.7. The van der Waals surface area contributed by atoms with Gasteiger partial charge >= 0.3 is 6.18 Å². The lowest BCUT2D eigenvalue weighted by atomic mass is 10.1. The molecule has 2 aromatic carbocycles. The van der Waals surface area contributed by atoms with Crippen molar-refractivity contribution in [2.24, 2.45) is 0 Å². The number of amides is 1. The third-order valence-corrected chi connectivity index (χ3v) is 6.54. The molecule has 0 bridgehead atoms. The zero-order chi connectivity index (χ0) is 28.6. The average molecular weight is 579 g/mol. The maximum atomic E-state index is 15.2. The lowest BCUT2D eigenvalue weighted by Gasteiger charge is -2.24. The summed E-state index contributed by atoms with van der Waals surface area (Å²) in [4.78, 5) is 17.6. The quantitative estimate of drug-likeness (QED) is 0.317.